The van der Waals surface area contributed by atoms with Gasteiger partial charge in [-0.05, 0) is 6.92 Å². The Bertz CT molecular complexity index is 592. The van der Waals surface area contributed by atoms with E-state index >= 15 is 0 Å². The summed E-state index contributed by atoms with van der Waals surface area (Å²) in [6.45, 7) is 2.01. The third-order valence-electron chi connectivity index (χ3n) is 5.44. The average Bonchev–Trinajstić information content (AvgIpc) is 2.53. The fourth-order valence-corrected chi connectivity index (χ4v) is 4.44. The third-order valence-corrected chi connectivity index (χ3v) is 5.44. The summed E-state index contributed by atoms with van der Waals surface area (Å²) in [4.78, 5) is 4.13. The minimum atomic E-state index is -2.43. The Balaban J connectivity index is 1.91. The van der Waals surface area contributed by atoms with E-state index in [0.29, 0.717) is 0 Å². The Labute approximate surface area is 137 Å². The molecule has 1 saturated carbocycles. The lowest BCUT2D eigenvalue weighted by molar-refractivity contribution is -0.570. The fourth-order valence-electron chi connectivity index (χ4n) is 4.44. The van der Waals surface area contributed by atoms with Gasteiger partial charge in [0.05, 0.1) is 5.92 Å². The van der Waals surface area contributed by atoms with Gasteiger partial charge in [-0.1, -0.05) is 0 Å². The molecule has 1 spiro atoms. The minimum Gasteiger partial charge on any atom is -0.388 e. The zero-order valence-corrected chi connectivity index (χ0v) is 13.1. The maximum Gasteiger partial charge on any atom is 0.311 e. The molecule has 11 nitrogen and oxygen atoms in total. The Morgan fingerprint density at radius 2 is 1.96 bits per heavy atom. The Kier molecular flexibility index (Phi) is 3.26. The van der Waals surface area contributed by atoms with E-state index in [1.165, 1.54) is 7.11 Å². The molecule has 4 fully saturated rings. The number of nitrogens with zero attached hydrogens (tertiary/aromatic N) is 1. The van der Waals surface area contributed by atoms with Crippen LogP contribution in [-0.4, -0.2) is 88.0 Å². The van der Waals surface area contributed by atoms with Crippen LogP contribution in [0.2, 0.25) is 0 Å². The highest BCUT2D eigenvalue weighted by atomic mass is 16.9. The molecular formula is C13H21N3O8. The lowest BCUT2D eigenvalue weighted by atomic mass is 9.57. The van der Waals surface area contributed by atoms with E-state index in [9.17, 15) is 20.4 Å². The van der Waals surface area contributed by atoms with E-state index < -0.39 is 53.9 Å². The molecule has 136 valence electrons. The second kappa shape index (κ2) is 4.77. The van der Waals surface area contributed by atoms with Crippen molar-refractivity contribution in [3.8, 4) is 0 Å². The molecule has 11 heteroatoms. The van der Waals surface area contributed by atoms with Gasteiger partial charge in [0.1, 0.15) is 23.9 Å². The van der Waals surface area contributed by atoms with Crippen molar-refractivity contribution in [1.82, 2.24) is 5.32 Å². The molecule has 1 unspecified atom stereocenters. The fraction of sp³-hybridized carbons (Fsp3) is 0.923. The van der Waals surface area contributed by atoms with Crippen LogP contribution in [0.3, 0.4) is 0 Å². The number of ether oxygens (including phenoxy) is 4. The summed E-state index contributed by atoms with van der Waals surface area (Å²) in [5.74, 6) is -5.48. The Hall–Kier alpha value is -1.05. The van der Waals surface area contributed by atoms with Gasteiger partial charge in [0.2, 0.25) is 5.79 Å². The number of aliphatic imine (C=N–C) groups is 1. The maximum absolute atomic E-state index is 10.9. The number of aliphatic hydroxyl groups is 4. The lowest BCUT2D eigenvalue weighted by Gasteiger charge is -2.71. The molecule has 0 aromatic heterocycles. The number of hydrogen-bond acceptors (Lipinski definition) is 11. The van der Waals surface area contributed by atoms with Crippen LogP contribution in [-0.2, 0) is 18.9 Å². The Morgan fingerprint density at radius 1 is 1.29 bits per heavy atom. The van der Waals surface area contributed by atoms with Crippen molar-refractivity contribution in [2.24, 2.45) is 16.6 Å². The number of nitrogens with two attached hydrogens (primary N) is 1. The van der Waals surface area contributed by atoms with E-state index in [2.05, 4.69) is 10.3 Å². The second-order valence-electron chi connectivity index (χ2n) is 6.46. The first kappa shape index (κ1) is 16.4. The monoisotopic (exact) mass is 347 g/mol. The second-order valence-corrected chi connectivity index (χ2v) is 6.46. The van der Waals surface area contributed by atoms with Crippen LogP contribution in [0.4, 0.5) is 0 Å². The van der Waals surface area contributed by atoms with Gasteiger partial charge in [-0.15, -0.1) is 0 Å². The highest BCUT2D eigenvalue weighted by molar-refractivity contribution is 5.80. The smallest absolute Gasteiger partial charge is 0.311 e. The number of rotatable bonds is 3. The average molecular weight is 347 g/mol. The van der Waals surface area contributed by atoms with E-state index in [1.807, 2.05) is 0 Å². The molecular weight excluding hydrogens is 326 g/mol. The molecule has 3 saturated heterocycles. The van der Waals surface area contributed by atoms with Gasteiger partial charge in [-0.25, -0.2) is 4.99 Å². The van der Waals surface area contributed by atoms with Crippen LogP contribution < -0.4 is 11.1 Å². The first-order chi connectivity index (χ1) is 11.2. The van der Waals surface area contributed by atoms with Crippen LogP contribution >= 0.6 is 0 Å². The zero-order valence-electron chi connectivity index (χ0n) is 13.1. The summed E-state index contributed by atoms with van der Waals surface area (Å²) in [5.41, 5.74) is 4.21. The largest absolute Gasteiger partial charge is 0.388 e. The molecule has 9 atom stereocenters. The van der Waals surface area contributed by atoms with Crippen molar-refractivity contribution in [3.63, 3.8) is 0 Å². The normalized spacial score (nSPS) is 58.2. The van der Waals surface area contributed by atoms with E-state index in [1.54, 1.807) is 6.92 Å². The van der Waals surface area contributed by atoms with Gasteiger partial charge >= 0.3 is 5.97 Å². The zero-order chi connectivity index (χ0) is 17.5. The van der Waals surface area contributed by atoms with Crippen LogP contribution in [0.1, 0.15) is 6.92 Å². The number of methoxy groups -OCH3 is 1. The summed E-state index contributed by atoms with van der Waals surface area (Å²) >= 11 is 0. The summed E-state index contributed by atoms with van der Waals surface area (Å²) in [6.07, 6.45) is -6.71. The summed E-state index contributed by atoms with van der Waals surface area (Å²) in [7, 11) is 1.22. The van der Waals surface area contributed by atoms with Crippen molar-refractivity contribution in [2.75, 3.05) is 13.7 Å². The van der Waals surface area contributed by atoms with Crippen molar-refractivity contribution >= 4 is 5.96 Å². The predicted octanol–water partition coefficient (Wildman–Crippen LogP) is -3.86. The third kappa shape index (κ3) is 1.61. The quantitative estimate of drug-likeness (QED) is 0.278. The summed E-state index contributed by atoms with van der Waals surface area (Å²) in [6, 6.07) is 0. The molecule has 0 amide bonds. The van der Waals surface area contributed by atoms with Crippen LogP contribution in [0.15, 0.2) is 4.99 Å². The van der Waals surface area contributed by atoms with Crippen molar-refractivity contribution in [3.05, 3.63) is 0 Å². The highest BCUT2D eigenvalue weighted by Crippen LogP contribution is 2.59. The first-order valence-corrected chi connectivity index (χ1v) is 7.69. The predicted molar refractivity (Wildman–Crippen MR) is 75.1 cm³/mol. The van der Waals surface area contributed by atoms with Gasteiger partial charge in [0, 0.05) is 13.7 Å². The van der Waals surface area contributed by atoms with E-state index in [4.69, 9.17) is 24.7 Å². The van der Waals surface area contributed by atoms with Crippen LogP contribution in [0.5, 0.6) is 0 Å². The SMILES string of the molecule is CCO[C@H]1N=C(N)NC23[C@@H]1[C@H]1O[C@](O)(O[C@@H]([C@H]2O)[C@]1(O)OC)[C@H]3O. The van der Waals surface area contributed by atoms with Crippen molar-refractivity contribution in [2.45, 2.75) is 54.9 Å². The summed E-state index contributed by atoms with van der Waals surface area (Å²) in [5, 5.41) is 45.7. The molecule has 1 aliphatic carbocycles. The minimum absolute atomic E-state index is 0.0747. The first-order valence-electron chi connectivity index (χ1n) is 7.69. The van der Waals surface area contributed by atoms with Crippen LogP contribution in [0, 0.1) is 5.92 Å². The van der Waals surface area contributed by atoms with Crippen molar-refractivity contribution < 1.29 is 39.4 Å². The standard InChI is InChI=1S/C13H21N3O8/c1-3-22-8-4-6-12(19,21-2)7-5(17)11(4,16-10(14)15-8)9(18)13(20,23-6)24-7/h4-9,17-20H,3H2,1-2H3,(H3,14,15,16)/t4-,5-,6-,7+,8-,9+,11?,12-,13+/m1/s1. The number of guanidine groups is 1. The number of nitrogens with one attached hydrogen (secondary N) is 1. The molecule has 5 rings (SSSR count). The van der Waals surface area contributed by atoms with Gasteiger partial charge in [-0.3, -0.25) is 0 Å². The van der Waals surface area contributed by atoms with Crippen molar-refractivity contribution in [1.29, 1.82) is 0 Å². The topological polar surface area (TPSA) is 168 Å². The van der Waals surface area contributed by atoms with Gasteiger partial charge in [0.25, 0.3) is 0 Å². The van der Waals surface area contributed by atoms with E-state index in [-0.39, 0.29) is 12.6 Å². The molecule has 7 N–H and O–H groups in total. The number of aliphatic hydroxyl groups excluding tert-OH is 2. The molecule has 4 aliphatic heterocycles. The highest BCUT2D eigenvalue weighted by Gasteiger charge is 2.83. The molecule has 0 radical (unpaired) electrons. The lowest BCUT2D eigenvalue weighted by Crippen LogP contribution is -2.95. The Morgan fingerprint density at radius 3 is 2.58 bits per heavy atom. The molecule has 0 aromatic carbocycles. The van der Waals surface area contributed by atoms with Gasteiger partial charge in [0.15, 0.2) is 18.3 Å². The van der Waals surface area contributed by atoms with Crippen LogP contribution in [0.25, 0.3) is 0 Å². The molecule has 4 bridgehead atoms. The number of hydrogen-bond donors (Lipinski definition) is 6. The summed E-state index contributed by atoms with van der Waals surface area (Å²) < 4.78 is 21.4. The van der Waals surface area contributed by atoms with Gasteiger partial charge < -0.3 is 50.4 Å². The van der Waals surface area contributed by atoms with Gasteiger partial charge in [-0.2, -0.15) is 0 Å². The maximum atomic E-state index is 10.9. The van der Waals surface area contributed by atoms with E-state index in [0.717, 1.165) is 0 Å². The molecule has 24 heavy (non-hydrogen) atoms. The molecule has 5 aliphatic rings. The molecule has 4 heterocycles. The molecule has 0 aromatic rings.